The minimum atomic E-state index is -1.10. The number of aryl methyl sites for hydroxylation is 1. The number of H-pyrrole nitrogens is 2. The minimum Gasteiger partial charge on any atom is -0.506 e. The van der Waals surface area contributed by atoms with E-state index in [2.05, 4.69) is 20.3 Å². The van der Waals surface area contributed by atoms with Crippen LogP contribution in [0.25, 0.3) is 28.4 Å². The first-order valence-corrected chi connectivity index (χ1v) is 11.8. The lowest BCUT2D eigenvalue weighted by Crippen LogP contribution is -2.28. The Morgan fingerprint density at radius 1 is 1.25 bits per heavy atom. The highest BCUT2D eigenvalue weighted by Crippen LogP contribution is 2.33. The SMILES string of the molecule is O=C(O)CC(O)CC(O)CCNCC1C=Cc2nc(-c3c(O)c4c(F)cccc4[nH]c3=O)[nH]c2CC1. The van der Waals surface area contributed by atoms with Crippen LogP contribution in [0.5, 0.6) is 5.75 Å². The van der Waals surface area contributed by atoms with Gasteiger partial charge in [0, 0.05) is 12.2 Å². The molecule has 10 nitrogen and oxygen atoms in total. The fourth-order valence-electron chi connectivity index (χ4n) is 4.47. The Hall–Kier alpha value is -3.54. The zero-order valence-corrected chi connectivity index (χ0v) is 19.5. The number of fused-ring (bicyclic) bond motifs is 2. The van der Waals surface area contributed by atoms with E-state index < -0.39 is 35.3 Å². The van der Waals surface area contributed by atoms with Crippen molar-refractivity contribution in [3.63, 3.8) is 0 Å². The molecule has 3 atom stereocenters. The topological polar surface area (TPSA) is 172 Å². The largest absolute Gasteiger partial charge is 0.506 e. The molecule has 1 aliphatic carbocycles. The smallest absolute Gasteiger partial charge is 0.305 e. The van der Waals surface area contributed by atoms with Crippen molar-refractivity contribution in [1.29, 1.82) is 0 Å². The zero-order chi connectivity index (χ0) is 25.8. The van der Waals surface area contributed by atoms with Crippen LogP contribution >= 0.6 is 0 Å². The molecule has 3 unspecified atom stereocenters. The average Bonchev–Trinajstić information content (AvgIpc) is 3.09. The second kappa shape index (κ2) is 11.0. The minimum absolute atomic E-state index is 0.0161. The number of carboxylic acid groups (broad SMARTS) is 1. The number of nitrogens with zero attached hydrogens (tertiary/aromatic N) is 1. The maximum atomic E-state index is 14.3. The number of halogens is 1. The van der Waals surface area contributed by atoms with Gasteiger partial charge in [-0.3, -0.25) is 9.59 Å². The molecule has 36 heavy (non-hydrogen) atoms. The summed E-state index contributed by atoms with van der Waals surface area (Å²) in [6.45, 7) is 1.17. The van der Waals surface area contributed by atoms with Gasteiger partial charge >= 0.3 is 5.97 Å². The van der Waals surface area contributed by atoms with Gasteiger partial charge < -0.3 is 35.7 Å². The Kier molecular flexibility index (Phi) is 7.82. The van der Waals surface area contributed by atoms with E-state index in [0.717, 1.165) is 12.1 Å². The van der Waals surface area contributed by atoms with Crippen molar-refractivity contribution in [2.45, 2.75) is 44.3 Å². The first-order chi connectivity index (χ1) is 17.2. The third-order valence-corrected chi connectivity index (χ3v) is 6.32. The Morgan fingerprint density at radius 3 is 2.83 bits per heavy atom. The van der Waals surface area contributed by atoms with E-state index in [4.69, 9.17) is 5.11 Å². The molecule has 1 aliphatic rings. The molecule has 0 radical (unpaired) electrons. The van der Waals surface area contributed by atoms with Gasteiger partial charge in [-0.2, -0.15) is 0 Å². The number of aromatic hydroxyl groups is 1. The number of rotatable bonds is 10. The van der Waals surface area contributed by atoms with Crippen LogP contribution in [0.15, 0.2) is 29.1 Å². The summed E-state index contributed by atoms with van der Waals surface area (Å²) >= 11 is 0. The van der Waals surface area contributed by atoms with Crippen molar-refractivity contribution in [3.05, 3.63) is 51.8 Å². The summed E-state index contributed by atoms with van der Waals surface area (Å²) in [5.74, 6) is -1.84. The molecule has 0 saturated heterocycles. The van der Waals surface area contributed by atoms with Crippen LogP contribution in [-0.2, 0) is 11.2 Å². The lowest BCUT2D eigenvalue weighted by Gasteiger charge is -2.16. The van der Waals surface area contributed by atoms with Crippen LogP contribution in [0.4, 0.5) is 4.39 Å². The molecule has 11 heteroatoms. The number of aromatic amines is 2. The fraction of sp³-hybridized carbons (Fsp3) is 0.400. The van der Waals surface area contributed by atoms with E-state index in [-0.39, 0.29) is 41.1 Å². The normalized spacial score (nSPS) is 17.0. The summed E-state index contributed by atoms with van der Waals surface area (Å²) in [5, 5.41) is 42.1. The lowest BCUT2D eigenvalue weighted by atomic mass is 10.0. The van der Waals surface area contributed by atoms with Crippen LogP contribution in [0.1, 0.15) is 37.1 Å². The molecule has 0 amide bonds. The van der Waals surface area contributed by atoms with Gasteiger partial charge in [0.25, 0.3) is 5.56 Å². The van der Waals surface area contributed by atoms with Crippen molar-refractivity contribution in [2.24, 2.45) is 5.92 Å². The Bertz CT molecular complexity index is 1330. The van der Waals surface area contributed by atoms with E-state index in [0.29, 0.717) is 31.6 Å². The second-order valence-electron chi connectivity index (χ2n) is 9.08. The van der Waals surface area contributed by atoms with Crippen LogP contribution in [0, 0.1) is 11.7 Å². The van der Waals surface area contributed by atoms with Gasteiger partial charge in [0.1, 0.15) is 23.0 Å². The molecule has 1 aromatic carbocycles. The molecule has 0 spiro atoms. The van der Waals surface area contributed by atoms with Crippen LogP contribution in [0.2, 0.25) is 0 Å². The summed E-state index contributed by atoms with van der Waals surface area (Å²) < 4.78 is 14.3. The highest BCUT2D eigenvalue weighted by molar-refractivity contribution is 5.91. The highest BCUT2D eigenvalue weighted by atomic mass is 19.1. The van der Waals surface area contributed by atoms with E-state index in [1.807, 2.05) is 12.2 Å². The molecule has 0 bridgehead atoms. The number of nitrogens with one attached hydrogen (secondary N) is 3. The third kappa shape index (κ3) is 5.81. The van der Waals surface area contributed by atoms with Crippen molar-refractivity contribution in [2.75, 3.05) is 13.1 Å². The molecule has 0 aliphatic heterocycles. The van der Waals surface area contributed by atoms with Crippen LogP contribution in [-0.4, -0.2) is 66.6 Å². The first kappa shape index (κ1) is 25.5. The highest BCUT2D eigenvalue weighted by Gasteiger charge is 2.22. The molecule has 0 saturated carbocycles. The van der Waals surface area contributed by atoms with Gasteiger partial charge in [-0.15, -0.1) is 0 Å². The number of carboxylic acids is 1. The molecular formula is C25H29FN4O6. The monoisotopic (exact) mass is 500 g/mol. The van der Waals surface area contributed by atoms with Crippen LogP contribution < -0.4 is 10.9 Å². The number of pyridine rings is 1. The van der Waals surface area contributed by atoms with Gasteiger partial charge in [0.15, 0.2) is 0 Å². The van der Waals surface area contributed by atoms with Crippen LogP contribution in [0.3, 0.4) is 0 Å². The number of hydrogen-bond acceptors (Lipinski definition) is 7. The molecule has 2 aromatic heterocycles. The molecule has 7 N–H and O–H groups in total. The number of carbonyl (C=O) groups is 1. The van der Waals surface area contributed by atoms with Crippen molar-refractivity contribution >= 4 is 22.9 Å². The van der Waals surface area contributed by atoms with Gasteiger partial charge in [0.05, 0.1) is 35.2 Å². The van der Waals surface area contributed by atoms with Crippen molar-refractivity contribution < 1.29 is 29.6 Å². The standard InChI is InChI=1S/C25H29FN4O6/c26-16-2-1-3-19-21(16)23(35)22(25(36)30-19)24-28-17-6-4-13(5-7-18(17)29-24)12-27-9-8-14(31)10-15(32)11-20(33)34/h1-4,6,13-15,27,31-32H,5,7-12H2,(H,28,29)(H,33,34)(H2,30,35,36). The summed E-state index contributed by atoms with van der Waals surface area (Å²) in [7, 11) is 0. The van der Waals surface area contributed by atoms with E-state index >= 15 is 0 Å². The summed E-state index contributed by atoms with van der Waals surface area (Å²) in [4.78, 5) is 33.4. The fourth-order valence-corrected chi connectivity index (χ4v) is 4.47. The number of hydrogen-bond donors (Lipinski definition) is 7. The molecule has 3 aromatic rings. The summed E-state index contributed by atoms with van der Waals surface area (Å²) in [5.41, 5.74) is 0.966. The molecule has 0 fully saturated rings. The zero-order valence-electron chi connectivity index (χ0n) is 19.5. The number of aliphatic hydroxyl groups is 2. The average molecular weight is 501 g/mol. The quantitative estimate of drug-likeness (QED) is 0.207. The van der Waals surface area contributed by atoms with Gasteiger partial charge in [-0.25, -0.2) is 9.37 Å². The number of aliphatic hydroxyl groups excluding tert-OH is 2. The summed E-state index contributed by atoms with van der Waals surface area (Å²) in [6.07, 6.45) is 3.43. The van der Waals surface area contributed by atoms with Gasteiger partial charge in [-0.1, -0.05) is 12.1 Å². The molecule has 2 heterocycles. The van der Waals surface area contributed by atoms with E-state index in [9.17, 15) is 29.3 Å². The van der Waals surface area contributed by atoms with Gasteiger partial charge in [0.2, 0.25) is 0 Å². The Balaban J connectivity index is 1.37. The predicted molar refractivity (Wildman–Crippen MR) is 131 cm³/mol. The molecular weight excluding hydrogens is 471 g/mol. The molecule has 192 valence electrons. The van der Waals surface area contributed by atoms with Crippen molar-refractivity contribution in [3.8, 4) is 17.1 Å². The van der Waals surface area contributed by atoms with E-state index in [1.54, 1.807) is 0 Å². The predicted octanol–water partition coefficient (Wildman–Crippen LogP) is 1.90. The number of aliphatic carboxylic acids is 1. The Morgan fingerprint density at radius 2 is 2.06 bits per heavy atom. The third-order valence-electron chi connectivity index (χ3n) is 6.32. The van der Waals surface area contributed by atoms with E-state index in [1.165, 1.54) is 18.2 Å². The number of benzene rings is 1. The molecule has 4 rings (SSSR count). The van der Waals surface area contributed by atoms with Gasteiger partial charge in [-0.05, 0) is 56.4 Å². The summed E-state index contributed by atoms with van der Waals surface area (Å²) in [6, 6.07) is 4.18. The maximum Gasteiger partial charge on any atom is 0.305 e. The Labute approximate surface area is 205 Å². The number of imidazole rings is 1. The van der Waals surface area contributed by atoms with Crippen molar-refractivity contribution in [1.82, 2.24) is 20.3 Å². The maximum absolute atomic E-state index is 14.3. The lowest BCUT2D eigenvalue weighted by molar-refractivity contribution is -0.139. The number of aromatic nitrogens is 3. The first-order valence-electron chi connectivity index (χ1n) is 11.8. The second-order valence-corrected chi connectivity index (χ2v) is 9.08.